The van der Waals surface area contributed by atoms with Crippen LogP contribution >= 0.6 is 0 Å². The summed E-state index contributed by atoms with van der Waals surface area (Å²) in [5, 5.41) is 45.2. The van der Waals surface area contributed by atoms with Crippen LogP contribution in [0.4, 0.5) is 0 Å². The van der Waals surface area contributed by atoms with E-state index in [1.54, 1.807) is 0 Å². The average Bonchev–Trinajstić information content (AvgIpc) is 3.34. The number of aliphatic hydroxyl groups is 4. The van der Waals surface area contributed by atoms with Crippen LogP contribution in [0.1, 0.15) is 309 Å². The molecule has 1 heterocycles. The molecule has 13 heteroatoms. The number of carbonyl (C=O) groups is 1. The minimum absolute atomic E-state index is 0.221. The number of hydrogen-bond donors (Lipinski definition) is 6. The van der Waals surface area contributed by atoms with Crippen molar-refractivity contribution in [2.24, 2.45) is 0 Å². The number of hydrogen-bond acceptors (Lipinski definition) is 10. The molecule has 1 aliphatic heterocycles. The van der Waals surface area contributed by atoms with Gasteiger partial charge in [0.05, 0.1) is 25.4 Å². The molecule has 1 rings (SSSR count). The predicted octanol–water partition coefficient (Wildman–Crippen LogP) is 14.5. The maximum absolute atomic E-state index is 13.2. The van der Waals surface area contributed by atoms with Gasteiger partial charge in [0.25, 0.3) is 0 Å². The highest BCUT2D eigenvalue weighted by Crippen LogP contribution is 2.26. The van der Waals surface area contributed by atoms with Gasteiger partial charge in [-0.3, -0.25) is 9.35 Å². The van der Waals surface area contributed by atoms with Crippen LogP contribution in [0.5, 0.6) is 0 Å². The summed E-state index contributed by atoms with van der Waals surface area (Å²) >= 11 is 0. The van der Waals surface area contributed by atoms with Crippen LogP contribution in [0.3, 0.4) is 0 Å². The van der Waals surface area contributed by atoms with Crippen LogP contribution in [-0.4, -0.2) is 95.4 Å². The zero-order valence-corrected chi connectivity index (χ0v) is 46.9. The maximum Gasteiger partial charge on any atom is 0.397 e. The van der Waals surface area contributed by atoms with Crippen molar-refractivity contribution < 1.29 is 51.8 Å². The second-order valence-electron chi connectivity index (χ2n) is 21.7. The first kappa shape index (κ1) is 68.1. The van der Waals surface area contributed by atoms with E-state index in [2.05, 4.69) is 23.3 Å². The normalized spacial score (nSPS) is 19.3. The van der Waals surface area contributed by atoms with Gasteiger partial charge >= 0.3 is 10.4 Å². The number of unbranched alkanes of at least 4 members (excludes halogenated alkanes) is 42. The molecule has 71 heavy (non-hydrogen) atoms. The Morgan fingerprint density at radius 1 is 0.507 bits per heavy atom. The molecule has 0 aromatic heterocycles. The number of amides is 1. The summed E-state index contributed by atoms with van der Waals surface area (Å²) in [7, 11) is -5.08. The Labute approximate surface area is 437 Å². The molecular weight excluding hydrogens is 919 g/mol. The van der Waals surface area contributed by atoms with Crippen molar-refractivity contribution in [2.75, 3.05) is 13.2 Å². The Bertz CT molecular complexity index is 1260. The lowest BCUT2D eigenvalue weighted by atomic mass is 9.99. The first-order valence-electron chi connectivity index (χ1n) is 30.4. The third kappa shape index (κ3) is 41.0. The van der Waals surface area contributed by atoms with Crippen molar-refractivity contribution in [3.05, 3.63) is 0 Å². The molecule has 7 atom stereocenters. The van der Waals surface area contributed by atoms with Crippen LogP contribution in [0, 0.1) is 0 Å². The smallest absolute Gasteiger partial charge is 0.394 e. The van der Waals surface area contributed by atoms with Gasteiger partial charge in [-0.05, 0) is 12.8 Å². The highest BCUT2D eigenvalue weighted by atomic mass is 32.3. The molecule has 6 N–H and O–H groups in total. The summed E-state index contributed by atoms with van der Waals surface area (Å²) in [5.41, 5.74) is 0. The molecule has 1 amide bonds. The summed E-state index contributed by atoms with van der Waals surface area (Å²) in [4.78, 5) is 13.2. The maximum atomic E-state index is 13.2. The standard InChI is InChI=1S/C58H115NO11S/c1-3-5-7-9-11-13-15-17-19-21-23-24-25-26-27-28-30-31-33-35-37-39-41-43-45-47-52(61)51(50-68-58-56(64)57(70-71(65,66)67)55(63)53(49-60)69-58)59-54(62)48-46-44-42-40-38-36-34-32-29-22-20-18-16-14-12-10-8-6-4-2/h51-53,55-58,60-61,63-64H,3-50H2,1-2H3,(H,59,62)(H,65,66,67). The Kier molecular flexibility index (Phi) is 46.7. The van der Waals surface area contributed by atoms with Crippen LogP contribution in [0.15, 0.2) is 0 Å². The van der Waals surface area contributed by atoms with E-state index < -0.39 is 59.9 Å². The van der Waals surface area contributed by atoms with Crippen molar-refractivity contribution >= 4 is 16.3 Å². The molecular formula is C58H115NO11S. The van der Waals surface area contributed by atoms with Gasteiger partial charge in [-0.2, -0.15) is 8.42 Å². The molecule has 0 spiro atoms. The second kappa shape index (κ2) is 48.7. The van der Waals surface area contributed by atoms with Gasteiger partial charge in [0, 0.05) is 6.42 Å². The minimum atomic E-state index is -5.08. The Hall–Kier alpha value is -0.900. The molecule has 0 aromatic carbocycles. The molecule has 1 aliphatic rings. The molecule has 0 bridgehead atoms. The fourth-order valence-electron chi connectivity index (χ4n) is 10.2. The van der Waals surface area contributed by atoms with E-state index in [0.29, 0.717) is 12.8 Å². The van der Waals surface area contributed by atoms with Crippen LogP contribution < -0.4 is 5.32 Å². The number of ether oxygens (including phenoxy) is 2. The van der Waals surface area contributed by atoms with Crippen molar-refractivity contribution in [2.45, 2.75) is 352 Å². The Morgan fingerprint density at radius 3 is 1.13 bits per heavy atom. The molecule has 0 radical (unpaired) electrons. The van der Waals surface area contributed by atoms with Crippen molar-refractivity contribution in [3.63, 3.8) is 0 Å². The first-order valence-corrected chi connectivity index (χ1v) is 31.8. The highest BCUT2D eigenvalue weighted by molar-refractivity contribution is 7.80. The van der Waals surface area contributed by atoms with Crippen LogP contribution in [0.25, 0.3) is 0 Å². The summed E-state index contributed by atoms with van der Waals surface area (Å²) in [5.74, 6) is -0.221. The van der Waals surface area contributed by atoms with E-state index in [4.69, 9.17) is 9.47 Å². The fraction of sp³-hybridized carbons (Fsp3) is 0.983. The van der Waals surface area contributed by atoms with Crippen molar-refractivity contribution in [1.82, 2.24) is 5.32 Å². The van der Waals surface area contributed by atoms with E-state index in [1.807, 2.05) is 0 Å². The third-order valence-corrected chi connectivity index (χ3v) is 15.4. The topological polar surface area (TPSA) is 192 Å². The number of carbonyl (C=O) groups excluding carboxylic acids is 1. The number of rotatable bonds is 54. The monoisotopic (exact) mass is 1030 g/mol. The largest absolute Gasteiger partial charge is 0.397 e. The second-order valence-corrected chi connectivity index (χ2v) is 22.7. The van der Waals surface area contributed by atoms with Gasteiger partial charge in [0.1, 0.15) is 24.4 Å². The van der Waals surface area contributed by atoms with Crippen molar-refractivity contribution in [1.29, 1.82) is 0 Å². The molecule has 0 saturated carbocycles. The van der Waals surface area contributed by atoms with E-state index >= 15 is 0 Å². The molecule has 1 saturated heterocycles. The molecule has 0 aromatic rings. The molecule has 0 aliphatic carbocycles. The molecule has 12 nitrogen and oxygen atoms in total. The van der Waals surface area contributed by atoms with Gasteiger partial charge in [0.2, 0.25) is 5.91 Å². The van der Waals surface area contributed by atoms with E-state index in [0.717, 1.165) is 51.4 Å². The van der Waals surface area contributed by atoms with Crippen LogP contribution in [0.2, 0.25) is 0 Å². The van der Waals surface area contributed by atoms with Crippen molar-refractivity contribution in [3.8, 4) is 0 Å². The summed E-state index contributed by atoms with van der Waals surface area (Å²) in [6.07, 6.45) is 48.2. The third-order valence-electron chi connectivity index (χ3n) is 14.9. The minimum Gasteiger partial charge on any atom is -0.394 e. The number of aliphatic hydroxyl groups excluding tert-OH is 4. The number of nitrogens with one attached hydrogen (secondary N) is 1. The molecule has 424 valence electrons. The SMILES string of the molecule is CCCCCCCCCCCCCCCCCCCCCCCCCCCC(O)C(COC1OC(CO)C(O)C(OS(=O)(=O)O)C1O)NC(=O)CCCCCCCCCCCCCCCCCCCCC. The summed E-state index contributed by atoms with van der Waals surface area (Å²) in [6, 6.07) is -0.853. The fourth-order valence-corrected chi connectivity index (χ4v) is 10.7. The molecule has 1 fully saturated rings. The van der Waals surface area contributed by atoms with E-state index in [9.17, 15) is 38.2 Å². The lowest BCUT2D eigenvalue weighted by Gasteiger charge is -2.41. The zero-order valence-electron chi connectivity index (χ0n) is 46.1. The lowest BCUT2D eigenvalue weighted by Crippen LogP contribution is -2.61. The van der Waals surface area contributed by atoms with E-state index in [-0.39, 0.29) is 12.5 Å². The van der Waals surface area contributed by atoms with Gasteiger partial charge in [-0.15, -0.1) is 0 Å². The predicted molar refractivity (Wildman–Crippen MR) is 292 cm³/mol. The Balaban J connectivity index is 2.31. The Morgan fingerprint density at radius 2 is 0.817 bits per heavy atom. The highest BCUT2D eigenvalue weighted by Gasteiger charge is 2.48. The van der Waals surface area contributed by atoms with Gasteiger partial charge < -0.3 is 35.2 Å². The zero-order chi connectivity index (χ0) is 51.9. The summed E-state index contributed by atoms with van der Waals surface area (Å²) in [6.45, 7) is 3.51. The molecule has 7 unspecified atom stereocenters. The van der Waals surface area contributed by atoms with E-state index in [1.165, 1.54) is 231 Å². The lowest BCUT2D eigenvalue weighted by molar-refractivity contribution is -0.298. The van der Waals surface area contributed by atoms with Gasteiger partial charge in [0.15, 0.2) is 6.29 Å². The van der Waals surface area contributed by atoms with Crippen LogP contribution in [-0.2, 0) is 28.9 Å². The quantitative estimate of drug-likeness (QED) is 0.0251. The average molecular weight is 1030 g/mol. The summed E-state index contributed by atoms with van der Waals surface area (Å²) < 4.78 is 48.0. The van der Waals surface area contributed by atoms with Gasteiger partial charge in [-0.25, -0.2) is 4.18 Å². The first-order chi connectivity index (χ1) is 34.5. The van der Waals surface area contributed by atoms with Gasteiger partial charge in [-0.1, -0.05) is 290 Å².